The maximum absolute atomic E-state index is 11.0. The summed E-state index contributed by atoms with van der Waals surface area (Å²) in [6.45, 7) is 6.99. The van der Waals surface area contributed by atoms with E-state index in [9.17, 15) is 9.90 Å². The SMILES string of the molecule is CC(C)(C)C1=NOC(=O)[C@]1(C)O. The van der Waals surface area contributed by atoms with E-state index in [1.807, 2.05) is 20.8 Å². The van der Waals surface area contributed by atoms with Crippen LogP contribution in [0.15, 0.2) is 5.16 Å². The molecular formula is C8H13NO3. The van der Waals surface area contributed by atoms with Crippen LogP contribution >= 0.6 is 0 Å². The van der Waals surface area contributed by atoms with E-state index in [1.54, 1.807) is 0 Å². The van der Waals surface area contributed by atoms with Crippen molar-refractivity contribution in [2.75, 3.05) is 0 Å². The molecule has 0 aromatic carbocycles. The van der Waals surface area contributed by atoms with Crippen LogP contribution in [-0.4, -0.2) is 22.4 Å². The first kappa shape index (κ1) is 9.19. The molecule has 0 amide bonds. The largest absolute Gasteiger partial charge is 0.373 e. The first-order chi connectivity index (χ1) is 5.26. The van der Waals surface area contributed by atoms with Crippen LogP contribution < -0.4 is 0 Å². The number of carbonyl (C=O) groups excluding carboxylic acids is 1. The Bertz CT molecular complexity index is 248. The van der Waals surface area contributed by atoms with Gasteiger partial charge in [-0.1, -0.05) is 25.9 Å². The zero-order chi connectivity index (χ0) is 9.57. The Kier molecular flexibility index (Phi) is 1.76. The molecular weight excluding hydrogens is 158 g/mol. The highest BCUT2D eigenvalue weighted by Crippen LogP contribution is 2.29. The highest BCUT2D eigenvalue weighted by atomic mass is 16.7. The van der Waals surface area contributed by atoms with E-state index in [0.717, 1.165) is 0 Å². The second kappa shape index (κ2) is 2.29. The molecule has 1 atom stereocenters. The Hall–Kier alpha value is -0.900. The van der Waals surface area contributed by atoms with Crippen molar-refractivity contribution >= 4 is 11.7 Å². The zero-order valence-electron chi connectivity index (χ0n) is 7.71. The average Bonchev–Trinajstić information content (AvgIpc) is 2.06. The highest BCUT2D eigenvalue weighted by Gasteiger charge is 2.48. The fourth-order valence-electron chi connectivity index (χ4n) is 1.23. The molecule has 0 saturated carbocycles. The normalized spacial score (nSPS) is 30.1. The Morgan fingerprint density at radius 3 is 2.17 bits per heavy atom. The third-order valence-corrected chi connectivity index (χ3v) is 1.79. The van der Waals surface area contributed by atoms with Gasteiger partial charge in [0.2, 0.25) is 5.60 Å². The molecule has 0 aromatic heterocycles. The Morgan fingerprint density at radius 1 is 1.50 bits per heavy atom. The van der Waals surface area contributed by atoms with Crippen LogP contribution in [0.5, 0.6) is 0 Å². The molecule has 0 fully saturated rings. The summed E-state index contributed by atoms with van der Waals surface area (Å²) in [5.41, 5.74) is -1.53. The summed E-state index contributed by atoms with van der Waals surface area (Å²) in [7, 11) is 0. The summed E-state index contributed by atoms with van der Waals surface area (Å²) in [5, 5.41) is 13.2. The fourth-order valence-corrected chi connectivity index (χ4v) is 1.23. The number of nitrogens with zero attached hydrogens (tertiary/aromatic N) is 1. The lowest BCUT2D eigenvalue weighted by atomic mass is 9.81. The number of hydrogen-bond donors (Lipinski definition) is 1. The van der Waals surface area contributed by atoms with Crippen LogP contribution in [0.4, 0.5) is 0 Å². The van der Waals surface area contributed by atoms with Crippen molar-refractivity contribution in [3.8, 4) is 0 Å². The summed E-state index contributed by atoms with van der Waals surface area (Å²) in [5.74, 6) is -0.701. The highest BCUT2D eigenvalue weighted by molar-refractivity contribution is 6.14. The van der Waals surface area contributed by atoms with E-state index >= 15 is 0 Å². The quantitative estimate of drug-likeness (QED) is 0.546. The molecule has 4 nitrogen and oxygen atoms in total. The second-order valence-electron chi connectivity index (χ2n) is 4.14. The predicted octanol–water partition coefficient (Wildman–Crippen LogP) is 0.696. The number of aliphatic hydroxyl groups is 1. The van der Waals surface area contributed by atoms with Gasteiger partial charge < -0.3 is 9.94 Å². The van der Waals surface area contributed by atoms with E-state index in [2.05, 4.69) is 9.99 Å². The molecule has 68 valence electrons. The predicted molar refractivity (Wildman–Crippen MR) is 43.6 cm³/mol. The summed E-state index contributed by atoms with van der Waals surface area (Å²) in [6, 6.07) is 0. The lowest BCUT2D eigenvalue weighted by Gasteiger charge is -2.24. The molecule has 0 bridgehead atoms. The van der Waals surface area contributed by atoms with Crippen LogP contribution in [0.1, 0.15) is 27.7 Å². The summed E-state index contributed by atoms with van der Waals surface area (Å²) in [6.07, 6.45) is 0. The molecule has 1 aliphatic heterocycles. The van der Waals surface area contributed by atoms with Crippen LogP contribution in [0.25, 0.3) is 0 Å². The monoisotopic (exact) mass is 171 g/mol. The van der Waals surface area contributed by atoms with Gasteiger partial charge in [0.25, 0.3) is 0 Å². The van der Waals surface area contributed by atoms with Crippen molar-refractivity contribution in [3.05, 3.63) is 0 Å². The standard InChI is InChI=1S/C8H13NO3/c1-7(2,3)5-8(4,11)6(10)12-9-5/h11H,1-4H3/t8-/m1/s1. The van der Waals surface area contributed by atoms with Gasteiger partial charge in [0.15, 0.2) is 0 Å². The third kappa shape index (κ3) is 1.22. The van der Waals surface area contributed by atoms with E-state index in [4.69, 9.17) is 0 Å². The van der Waals surface area contributed by atoms with Gasteiger partial charge in [-0.2, -0.15) is 0 Å². The van der Waals surface area contributed by atoms with Gasteiger partial charge in [-0.15, -0.1) is 0 Å². The molecule has 0 aromatic rings. The van der Waals surface area contributed by atoms with Crippen molar-refractivity contribution in [2.45, 2.75) is 33.3 Å². The topological polar surface area (TPSA) is 58.9 Å². The van der Waals surface area contributed by atoms with Crippen LogP contribution in [0.2, 0.25) is 0 Å². The van der Waals surface area contributed by atoms with Crippen LogP contribution in [-0.2, 0) is 9.63 Å². The van der Waals surface area contributed by atoms with Crippen molar-refractivity contribution in [2.24, 2.45) is 10.6 Å². The second-order valence-corrected chi connectivity index (χ2v) is 4.14. The Morgan fingerprint density at radius 2 is 2.00 bits per heavy atom. The van der Waals surface area contributed by atoms with Crippen molar-refractivity contribution in [3.63, 3.8) is 0 Å². The van der Waals surface area contributed by atoms with Crippen molar-refractivity contribution in [1.29, 1.82) is 0 Å². The number of carbonyl (C=O) groups is 1. The smallest absolute Gasteiger partial charge is 0.371 e. The van der Waals surface area contributed by atoms with Gasteiger partial charge in [0, 0.05) is 5.41 Å². The first-order valence-electron chi connectivity index (χ1n) is 3.79. The number of rotatable bonds is 0. The maximum atomic E-state index is 11.0. The third-order valence-electron chi connectivity index (χ3n) is 1.79. The van der Waals surface area contributed by atoms with Gasteiger partial charge >= 0.3 is 5.97 Å². The maximum Gasteiger partial charge on any atom is 0.371 e. The molecule has 0 aliphatic carbocycles. The molecule has 4 heteroatoms. The summed E-state index contributed by atoms with van der Waals surface area (Å²) < 4.78 is 0. The zero-order valence-corrected chi connectivity index (χ0v) is 7.71. The molecule has 1 rings (SSSR count). The molecule has 1 aliphatic rings. The average molecular weight is 171 g/mol. The van der Waals surface area contributed by atoms with Crippen molar-refractivity contribution < 1.29 is 14.7 Å². The minimum atomic E-state index is -1.56. The minimum Gasteiger partial charge on any atom is -0.373 e. The van der Waals surface area contributed by atoms with Gasteiger partial charge in [0.1, 0.15) is 5.71 Å². The molecule has 0 unspecified atom stereocenters. The van der Waals surface area contributed by atoms with E-state index < -0.39 is 11.6 Å². The van der Waals surface area contributed by atoms with E-state index in [1.165, 1.54) is 6.92 Å². The summed E-state index contributed by atoms with van der Waals surface area (Å²) >= 11 is 0. The van der Waals surface area contributed by atoms with E-state index in [-0.39, 0.29) is 5.41 Å². The lowest BCUT2D eigenvalue weighted by Crippen LogP contribution is -2.45. The molecule has 1 N–H and O–H groups in total. The van der Waals surface area contributed by atoms with Gasteiger partial charge in [-0.25, -0.2) is 4.79 Å². The molecule has 12 heavy (non-hydrogen) atoms. The van der Waals surface area contributed by atoms with Crippen LogP contribution in [0, 0.1) is 5.41 Å². The van der Waals surface area contributed by atoms with Crippen molar-refractivity contribution in [1.82, 2.24) is 0 Å². The molecule has 0 radical (unpaired) electrons. The lowest BCUT2D eigenvalue weighted by molar-refractivity contribution is -0.152. The van der Waals surface area contributed by atoms with E-state index in [0.29, 0.717) is 5.71 Å². The van der Waals surface area contributed by atoms with Crippen LogP contribution in [0.3, 0.4) is 0 Å². The number of hydrogen-bond acceptors (Lipinski definition) is 4. The Labute approximate surface area is 71.2 Å². The molecule has 0 saturated heterocycles. The first-order valence-corrected chi connectivity index (χ1v) is 3.79. The van der Waals surface area contributed by atoms with Gasteiger partial charge in [-0.3, -0.25) is 0 Å². The van der Waals surface area contributed by atoms with Gasteiger partial charge in [-0.05, 0) is 6.92 Å². The summed E-state index contributed by atoms with van der Waals surface area (Å²) in [4.78, 5) is 15.4. The molecule has 1 heterocycles. The molecule has 0 spiro atoms. The van der Waals surface area contributed by atoms with Gasteiger partial charge in [0.05, 0.1) is 0 Å². The Balaban J connectivity index is 3.03. The fraction of sp³-hybridized carbons (Fsp3) is 0.750. The number of oxime groups is 1. The minimum absolute atomic E-state index is 0.352.